The van der Waals surface area contributed by atoms with Crippen LogP contribution in [0.2, 0.25) is 0 Å². The molecule has 2 unspecified atom stereocenters. The summed E-state index contributed by atoms with van der Waals surface area (Å²) in [6, 6.07) is 0. The Labute approximate surface area is 109 Å². The number of fused-ring (bicyclic) bond motifs is 1. The zero-order valence-electron chi connectivity index (χ0n) is 11.2. The zero-order valence-corrected chi connectivity index (χ0v) is 12.0. The second-order valence-electron chi connectivity index (χ2n) is 5.28. The molecule has 0 saturated carbocycles. The summed E-state index contributed by atoms with van der Waals surface area (Å²) >= 11 is 0. The second kappa shape index (κ2) is 5.45. The van der Waals surface area contributed by atoms with Crippen LogP contribution in [0.4, 0.5) is 0 Å². The van der Waals surface area contributed by atoms with Gasteiger partial charge >= 0.3 is 0 Å². The number of rotatable bonds is 4. The molecule has 106 valence electrons. The fourth-order valence-corrected chi connectivity index (χ4v) is 4.37. The summed E-state index contributed by atoms with van der Waals surface area (Å²) in [5.41, 5.74) is -0.145. The summed E-state index contributed by atoms with van der Waals surface area (Å²) in [4.78, 5) is 0. The number of ether oxygens (including phenoxy) is 2. The lowest BCUT2D eigenvalue weighted by Gasteiger charge is -2.49. The molecular formula is C12H23NO4S. The van der Waals surface area contributed by atoms with E-state index in [1.807, 2.05) is 0 Å². The molecule has 2 aliphatic heterocycles. The number of piperidine rings is 1. The van der Waals surface area contributed by atoms with E-state index in [1.54, 1.807) is 18.3 Å². The van der Waals surface area contributed by atoms with E-state index >= 15 is 0 Å². The second-order valence-corrected chi connectivity index (χ2v) is 7.54. The maximum absolute atomic E-state index is 12.0. The first-order chi connectivity index (χ1) is 8.54. The highest BCUT2D eigenvalue weighted by Gasteiger charge is 2.48. The van der Waals surface area contributed by atoms with Crippen molar-refractivity contribution in [2.45, 2.75) is 32.3 Å². The Hall–Kier alpha value is -0.170. The van der Waals surface area contributed by atoms with E-state index in [2.05, 4.69) is 0 Å². The molecule has 0 aromatic heterocycles. The summed E-state index contributed by atoms with van der Waals surface area (Å²) in [5.74, 6) is 0.168. The molecule has 0 aromatic rings. The van der Waals surface area contributed by atoms with Gasteiger partial charge in [-0.2, -0.15) is 0 Å². The molecule has 6 heteroatoms. The van der Waals surface area contributed by atoms with E-state index in [1.165, 1.54) is 0 Å². The highest BCUT2D eigenvalue weighted by molar-refractivity contribution is 7.89. The minimum atomic E-state index is -3.11. The predicted molar refractivity (Wildman–Crippen MR) is 68.9 cm³/mol. The van der Waals surface area contributed by atoms with Crippen molar-refractivity contribution in [3.63, 3.8) is 0 Å². The molecule has 2 fully saturated rings. The highest BCUT2D eigenvalue weighted by atomic mass is 32.2. The van der Waals surface area contributed by atoms with Crippen LogP contribution in [0.5, 0.6) is 0 Å². The van der Waals surface area contributed by atoms with Crippen LogP contribution in [0.1, 0.15) is 26.2 Å². The monoisotopic (exact) mass is 277 g/mol. The van der Waals surface area contributed by atoms with Crippen LogP contribution in [0, 0.1) is 5.41 Å². The fraction of sp³-hybridized carbons (Fsp3) is 1.00. The van der Waals surface area contributed by atoms with Gasteiger partial charge in [-0.1, -0.05) is 0 Å². The van der Waals surface area contributed by atoms with Gasteiger partial charge in [0.2, 0.25) is 10.0 Å². The Morgan fingerprint density at radius 3 is 2.94 bits per heavy atom. The maximum Gasteiger partial charge on any atom is 0.213 e. The first kappa shape index (κ1) is 14.2. The molecule has 0 aliphatic carbocycles. The van der Waals surface area contributed by atoms with Gasteiger partial charge in [-0.25, -0.2) is 12.7 Å². The molecule has 2 atom stereocenters. The zero-order chi connectivity index (χ0) is 13.2. The molecule has 0 bridgehead atoms. The van der Waals surface area contributed by atoms with E-state index in [9.17, 15) is 8.42 Å². The Morgan fingerprint density at radius 2 is 2.28 bits per heavy atom. The van der Waals surface area contributed by atoms with E-state index in [-0.39, 0.29) is 17.3 Å². The Morgan fingerprint density at radius 1 is 1.50 bits per heavy atom. The van der Waals surface area contributed by atoms with E-state index < -0.39 is 10.0 Å². The molecule has 0 spiro atoms. The lowest BCUT2D eigenvalue weighted by Crippen LogP contribution is -2.58. The van der Waals surface area contributed by atoms with Gasteiger partial charge in [-0.15, -0.1) is 0 Å². The number of nitrogens with zero attached hydrogens (tertiary/aromatic N) is 1. The standard InChI is InChI=1S/C12H23NO4S/c1-3-18(14,15)13-7-5-11-12(9-13,10-16-2)6-4-8-17-11/h11H,3-10H2,1-2H3. The van der Waals surface area contributed by atoms with Crippen LogP contribution in [0.3, 0.4) is 0 Å². The molecule has 2 aliphatic rings. The third-order valence-corrected chi connectivity index (χ3v) is 5.97. The molecule has 5 nitrogen and oxygen atoms in total. The molecule has 2 rings (SSSR count). The SMILES string of the molecule is CCS(=O)(=O)N1CCC2OCCCC2(COC)C1. The average molecular weight is 277 g/mol. The topological polar surface area (TPSA) is 55.8 Å². The van der Waals surface area contributed by atoms with Crippen LogP contribution in [0.15, 0.2) is 0 Å². The molecule has 18 heavy (non-hydrogen) atoms. The predicted octanol–water partition coefficient (Wildman–Crippen LogP) is 0.854. The largest absolute Gasteiger partial charge is 0.384 e. The summed E-state index contributed by atoms with van der Waals surface area (Å²) in [7, 11) is -1.43. The number of hydrogen-bond donors (Lipinski definition) is 0. The maximum atomic E-state index is 12.0. The van der Waals surface area contributed by atoms with Gasteiger partial charge in [0.15, 0.2) is 0 Å². The van der Waals surface area contributed by atoms with Crippen molar-refractivity contribution in [1.29, 1.82) is 0 Å². The summed E-state index contributed by atoms with van der Waals surface area (Å²) < 4.78 is 36.8. The van der Waals surface area contributed by atoms with Crippen molar-refractivity contribution in [3.05, 3.63) is 0 Å². The van der Waals surface area contributed by atoms with Crippen molar-refractivity contribution in [2.75, 3.05) is 39.2 Å². The third-order valence-electron chi connectivity index (χ3n) is 4.14. The van der Waals surface area contributed by atoms with Gasteiger partial charge in [-0.3, -0.25) is 0 Å². The molecule has 2 heterocycles. The summed E-state index contributed by atoms with van der Waals surface area (Å²) in [6.45, 7) is 4.18. The van der Waals surface area contributed by atoms with Crippen LogP contribution in [-0.2, 0) is 19.5 Å². The lowest BCUT2D eigenvalue weighted by atomic mass is 9.73. The van der Waals surface area contributed by atoms with Crippen molar-refractivity contribution in [2.24, 2.45) is 5.41 Å². The van der Waals surface area contributed by atoms with Crippen LogP contribution in [0.25, 0.3) is 0 Å². The number of methoxy groups -OCH3 is 1. The van der Waals surface area contributed by atoms with Gasteiger partial charge in [0.05, 0.1) is 18.5 Å². The first-order valence-corrected chi connectivity index (χ1v) is 8.23. The van der Waals surface area contributed by atoms with Crippen molar-refractivity contribution >= 4 is 10.0 Å². The third kappa shape index (κ3) is 2.57. The molecule has 0 amide bonds. The van der Waals surface area contributed by atoms with Crippen LogP contribution >= 0.6 is 0 Å². The quantitative estimate of drug-likeness (QED) is 0.764. The number of hydrogen-bond acceptors (Lipinski definition) is 4. The smallest absolute Gasteiger partial charge is 0.213 e. The van der Waals surface area contributed by atoms with Crippen LogP contribution < -0.4 is 0 Å². The van der Waals surface area contributed by atoms with Gasteiger partial charge in [0.1, 0.15) is 0 Å². The molecular weight excluding hydrogens is 254 g/mol. The Kier molecular flexibility index (Phi) is 4.31. The summed E-state index contributed by atoms with van der Waals surface area (Å²) in [5, 5.41) is 0. The van der Waals surface area contributed by atoms with E-state index in [4.69, 9.17) is 9.47 Å². The highest BCUT2D eigenvalue weighted by Crippen LogP contribution is 2.41. The minimum absolute atomic E-state index is 0.145. The Balaban J connectivity index is 2.19. The average Bonchev–Trinajstić information content (AvgIpc) is 2.38. The van der Waals surface area contributed by atoms with Gasteiger partial charge in [0.25, 0.3) is 0 Å². The molecule has 0 aromatic carbocycles. The van der Waals surface area contributed by atoms with Crippen LogP contribution in [-0.4, -0.2) is 58.0 Å². The summed E-state index contributed by atoms with van der Waals surface area (Å²) in [6.07, 6.45) is 2.90. The van der Waals surface area contributed by atoms with E-state index in [0.717, 1.165) is 25.9 Å². The lowest BCUT2D eigenvalue weighted by molar-refractivity contribution is -0.137. The Bertz CT molecular complexity index is 380. The van der Waals surface area contributed by atoms with Crippen molar-refractivity contribution in [1.82, 2.24) is 4.31 Å². The van der Waals surface area contributed by atoms with Gasteiger partial charge < -0.3 is 9.47 Å². The molecule has 0 N–H and O–H groups in total. The molecule has 2 saturated heterocycles. The number of sulfonamides is 1. The van der Waals surface area contributed by atoms with Crippen molar-refractivity contribution in [3.8, 4) is 0 Å². The normalized spacial score (nSPS) is 34.2. The first-order valence-electron chi connectivity index (χ1n) is 6.62. The van der Waals surface area contributed by atoms with Crippen molar-refractivity contribution < 1.29 is 17.9 Å². The van der Waals surface area contributed by atoms with Gasteiger partial charge in [-0.05, 0) is 26.2 Å². The fourth-order valence-electron chi connectivity index (χ4n) is 3.17. The minimum Gasteiger partial charge on any atom is -0.384 e. The van der Waals surface area contributed by atoms with Gasteiger partial charge in [0, 0.05) is 32.2 Å². The van der Waals surface area contributed by atoms with E-state index in [0.29, 0.717) is 19.7 Å². The molecule has 0 radical (unpaired) electrons.